The molecule has 0 aliphatic rings. The van der Waals surface area contributed by atoms with Crippen LogP contribution in [0.5, 0.6) is 0 Å². The summed E-state index contributed by atoms with van der Waals surface area (Å²) in [5.41, 5.74) is 2.01. The Morgan fingerprint density at radius 1 is 1.31 bits per heavy atom. The molecular weight excluding hydrogens is 412 g/mol. The first-order valence-electron chi connectivity index (χ1n) is 8.55. The molecule has 1 N–H and O–H groups in total. The Bertz CT molecular complexity index is 1290. The highest BCUT2D eigenvalue weighted by Crippen LogP contribution is 2.29. The van der Waals surface area contributed by atoms with Gasteiger partial charge in [0.25, 0.3) is 5.56 Å². The smallest absolute Gasteiger partial charge is 0.348 e. The maximum atomic E-state index is 12.5. The number of H-pyrrole nitrogens is 1. The number of benzene rings is 1. The van der Waals surface area contributed by atoms with Gasteiger partial charge >= 0.3 is 5.97 Å². The molecule has 0 amide bonds. The first kappa shape index (κ1) is 19.1. The molecule has 0 fully saturated rings. The zero-order valence-electron chi connectivity index (χ0n) is 15.5. The second kappa shape index (κ2) is 7.65. The van der Waals surface area contributed by atoms with Crippen LogP contribution in [0.1, 0.15) is 26.6 Å². The first-order valence-corrected chi connectivity index (χ1v) is 9.75. The van der Waals surface area contributed by atoms with Gasteiger partial charge in [0.1, 0.15) is 9.71 Å². The van der Waals surface area contributed by atoms with Gasteiger partial charge in [0, 0.05) is 18.1 Å². The van der Waals surface area contributed by atoms with E-state index in [-0.39, 0.29) is 16.4 Å². The Morgan fingerprint density at radius 3 is 2.72 bits per heavy atom. The van der Waals surface area contributed by atoms with E-state index in [1.807, 2.05) is 35.0 Å². The summed E-state index contributed by atoms with van der Waals surface area (Å²) in [4.78, 5) is 36.4. The molecule has 0 aliphatic heterocycles. The molecule has 0 unspecified atom stereocenters. The zero-order valence-corrected chi connectivity index (χ0v) is 17.0. The second-order valence-corrected chi connectivity index (χ2v) is 7.60. The molecule has 0 radical (unpaired) electrons. The summed E-state index contributed by atoms with van der Waals surface area (Å²) in [7, 11) is 1.30. The van der Waals surface area contributed by atoms with Gasteiger partial charge in [0.2, 0.25) is 0 Å². The van der Waals surface area contributed by atoms with Gasteiger partial charge < -0.3 is 14.3 Å². The van der Waals surface area contributed by atoms with E-state index in [4.69, 9.17) is 16.3 Å². The Labute approximate surface area is 174 Å². The van der Waals surface area contributed by atoms with Crippen LogP contribution in [-0.4, -0.2) is 32.6 Å². The first-order chi connectivity index (χ1) is 14.0. The van der Waals surface area contributed by atoms with E-state index in [0.717, 1.165) is 22.6 Å². The minimum Gasteiger partial charge on any atom is -0.465 e. The van der Waals surface area contributed by atoms with Crippen molar-refractivity contribution in [3.05, 3.63) is 75.2 Å². The normalized spacial score (nSPS) is 11.8. The Kier molecular flexibility index (Phi) is 5.04. The predicted molar refractivity (Wildman–Crippen MR) is 114 cm³/mol. The van der Waals surface area contributed by atoms with Crippen molar-refractivity contribution < 1.29 is 9.53 Å². The standard InChI is InChI=1S/C20H15ClN4O3S/c1-11-15-18(26)23-17(24-19(15)29-16(11)20(27)28-2)14(21)9-12-3-5-13(6-4-12)25-8-7-22-10-25/h3-10H,1-2H3,(H,23,24,26). The molecule has 0 bridgehead atoms. The largest absolute Gasteiger partial charge is 0.465 e. The number of imidazole rings is 1. The van der Waals surface area contributed by atoms with Gasteiger partial charge in [0.05, 0.1) is 23.9 Å². The minimum absolute atomic E-state index is 0.237. The third-order valence-corrected chi connectivity index (χ3v) is 5.84. The van der Waals surface area contributed by atoms with Crippen LogP contribution in [0.2, 0.25) is 0 Å². The average Bonchev–Trinajstić information content (AvgIpc) is 3.36. The lowest BCUT2D eigenvalue weighted by Gasteiger charge is -2.03. The van der Waals surface area contributed by atoms with Crippen LogP contribution in [0.3, 0.4) is 0 Å². The van der Waals surface area contributed by atoms with Crippen LogP contribution in [0.4, 0.5) is 0 Å². The van der Waals surface area contributed by atoms with Crippen molar-refractivity contribution in [2.45, 2.75) is 6.92 Å². The number of carbonyl (C=O) groups excluding carboxylic acids is 1. The van der Waals surface area contributed by atoms with Crippen molar-refractivity contribution in [1.29, 1.82) is 0 Å². The molecule has 1 aromatic carbocycles. The monoisotopic (exact) mass is 426 g/mol. The Hall–Kier alpha value is -3.23. The number of nitrogens with one attached hydrogen (secondary N) is 1. The van der Waals surface area contributed by atoms with E-state index in [2.05, 4.69) is 15.0 Å². The molecular formula is C20H15ClN4O3S. The molecule has 3 aromatic heterocycles. The number of halogens is 1. The number of hydrogen-bond acceptors (Lipinski definition) is 6. The SMILES string of the molecule is COC(=O)c1sc2nc(C(Cl)=Cc3ccc(-n4ccnc4)cc3)[nH]c(=O)c2c1C. The van der Waals surface area contributed by atoms with Crippen molar-refractivity contribution in [3.63, 3.8) is 0 Å². The fourth-order valence-electron chi connectivity index (χ4n) is 2.91. The molecule has 4 rings (SSSR count). The second-order valence-electron chi connectivity index (χ2n) is 6.20. The van der Waals surface area contributed by atoms with E-state index in [1.54, 1.807) is 25.5 Å². The van der Waals surface area contributed by atoms with Crippen molar-refractivity contribution in [1.82, 2.24) is 19.5 Å². The van der Waals surface area contributed by atoms with E-state index < -0.39 is 5.97 Å². The number of methoxy groups -OCH3 is 1. The predicted octanol–water partition coefficient (Wildman–Crippen LogP) is 4.00. The summed E-state index contributed by atoms with van der Waals surface area (Å²) >= 11 is 7.52. The highest BCUT2D eigenvalue weighted by Gasteiger charge is 2.20. The lowest BCUT2D eigenvalue weighted by atomic mass is 10.2. The zero-order chi connectivity index (χ0) is 20.5. The van der Waals surface area contributed by atoms with Gasteiger partial charge in [-0.15, -0.1) is 11.3 Å². The lowest BCUT2D eigenvalue weighted by molar-refractivity contribution is 0.0605. The quantitative estimate of drug-likeness (QED) is 0.498. The summed E-state index contributed by atoms with van der Waals surface area (Å²) in [6.07, 6.45) is 6.99. The summed E-state index contributed by atoms with van der Waals surface area (Å²) < 4.78 is 6.66. The number of hydrogen-bond donors (Lipinski definition) is 1. The van der Waals surface area contributed by atoms with Gasteiger partial charge in [-0.25, -0.2) is 14.8 Å². The summed E-state index contributed by atoms with van der Waals surface area (Å²) in [6, 6.07) is 7.67. The number of aryl methyl sites for hydroxylation is 1. The van der Waals surface area contributed by atoms with E-state index in [0.29, 0.717) is 20.7 Å². The topological polar surface area (TPSA) is 89.9 Å². The van der Waals surface area contributed by atoms with Crippen LogP contribution in [-0.2, 0) is 4.74 Å². The van der Waals surface area contributed by atoms with Crippen LogP contribution in [0.25, 0.3) is 27.0 Å². The Balaban J connectivity index is 1.70. The Morgan fingerprint density at radius 2 is 2.07 bits per heavy atom. The average molecular weight is 427 g/mol. The summed E-state index contributed by atoms with van der Waals surface area (Å²) in [6.45, 7) is 1.70. The molecule has 0 saturated carbocycles. The van der Waals surface area contributed by atoms with Gasteiger partial charge in [0.15, 0.2) is 5.82 Å². The van der Waals surface area contributed by atoms with Crippen LogP contribution in [0.15, 0.2) is 47.8 Å². The molecule has 0 aliphatic carbocycles. The molecule has 0 spiro atoms. The number of fused-ring (bicyclic) bond motifs is 1. The molecule has 0 atom stereocenters. The highest BCUT2D eigenvalue weighted by molar-refractivity contribution is 7.20. The number of esters is 1. The van der Waals surface area contributed by atoms with Gasteiger partial charge in [-0.1, -0.05) is 23.7 Å². The summed E-state index contributed by atoms with van der Waals surface area (Å²) in [5, 5.41) is 0.651. The number of aromatic amines is 1. The molecule has 0 saturated heterocycles. The molecule has 4 aromatic rings. The highest BCUT2D eigenvalue weighted by atomic mass is 35.5. The van der Waals surface area contributed by atoms with E-state index >= 15 is 0 Å². The van der Waals surface area contributed by atoms with Crippen molar-refractivity contribution in [2.75, 3.05) is 7.11 Å². The molecule has 7 nitrogen and oxygen atoms in total. The molecule has 29 heavy (non-hydrogen) atoms. The van der Waals surface area contributed by atoms with Crippen LogP contribution < -0.4 is 5.56 Å². The van der Waals surface area contributed by atoms with Crippen molar-refractivity contribution in [3.8, 4) is 5.69 Å². The minimum atomic E-state index is -0.494. The third kappa shape index (κ3) is 3.59. The molecule has 9 heteroatoms. The van der Waals surface area contributed by atoms with Crippen molar-refractivity contribution >= 4 is 50.2 Å². The fraction of sp³-hybridized carbons (Fsp3) is 0.100. The van der Waals surface area contributed by atoms with Crippen LogP contribution >= 0.6 is 22.9 Å². The fourth-order valence-corrected chi connectivity index (χ4v) is 4.23. The maximum absolute atomic E-state index is 12.5. The third-order valence-electron chi connectivity index (χ3n) is 4.39. The number of thiophene rings is 1. The summed E-state index contributed by atoms with van der Waals surface area (Å²) in [5.74, 6) is -0.258. The number of ether oxygens (including phenoxy) is 1. The van der Waals surface area contributed by atoms with Gasteiger partial charge in [-0.3, -0.25) is 4.79 Å². The number of carbonyl (C=O) groups is 1. The molecule has 146 valence electrons. The number of aromatic nitrogens is 4. The van der Waals surface area contributed by atoms with E-state index in [9.17, 15) is 9.59 Å². The number of nitrogens with zero attached hydrogens (tertiary/aromatic N) is 3. The number of rotatable bonds is 4. The van der Waals surface area contributed by atoms with Crippen LogP contribution in [0, 0.1) is 6.92 Å². The van der Waals surface area contributed by atoms with E-state index in [1.165, 1.54) is 7.11 Å². The van der Waals surface area contributed by atoms with Gasteiger partial charge in [-0.2, -0.15) is 0 Å². The van der Waals surface area contributed by atoms with Gasteiger partial charge in [-0.05, 0) is 36.3 Å². The maximum Gasteiger partial charge on any atom is 0.348 e. The van der Waals surface area contributed by atoms with Crippen molar-refractivity contribution in [2.24, 2.45) is 0 Å². The molecule has 3 heterocycles. The lowest BCUT2D eigenvalue weighted by Crippen LogP contribution is -2.10.